The van der Waals surface area contributed by atoms with Gasteiger partial charge in [-0.1, -0.05) is 12.1 Å². The molecule has 1 heterocycles. The minimum Gasteiger partial charge on any atom is -0.497 e. The first-order valence-electron chi connectivity index (χ1n) is 7.53. The van der Waals surface area contributed by atoms with Crippen molar-refractivity contribution in [2.75, 3.05) is 12.4 Å². The molecule has 6 heteroatoms. The molecule has 2 aromatic carbocycles. The zero-order valence-electron chi connectivity index (χ0n) is 13.7. The van der Waals surface area contributed by atoms with Gasteiger partial charge in [0, 0.05) is 13.2 Å². The average Bonchev–Trinajstić information content (AvgIpc) is 2.64. The van der Waals surface area contributed by atoms with Crippen LogP contribution in [0.15, 0.2) is 53.5 Å². The number of para-hydroxylation sites is 1. The number of carbonyl (C=O) groups excluding carboxylic acids is 1. The number of amides is 1. The number of benzene rings is 2. The van der Waals surface area contributed by atoms with Crippen molar-refractivity contribution in [3.05, 3.63) is 70.0 Å². The van der Waals surface area contributed by atoms with Crippen molar-refractivity contribution in [1.29, 1.82) is 5.26 Å². The standard InChI is InChI=1S/C19H15N3O3/c1-22-11-15(18(23)14-9-13(25-2)7-8-17(14)22)19(24)21-16-6-4-3-5-12(16)10-20/h3-9,11H,1-2H3,(H,21,24). The molecule has 1 N–H and O–H groups in total. The van der Waals surface area contributed by atoms with E-state index in [4.69, 9.17) is 10.00 Å². The van der Waals surface area contributed by atoms with Gasteiger partial charge in [-0.15, -0.1) is 0 Å². The molecule has 1 amide bonds. The van der Waals surface area contributed by atoms with Crippen LogP contribution in [0.5, 0.6) is 5.75 Å². The van der Waals surface area contributed by atoms with E-state index in [1.54, 1.807) is 54.1 Å². The number of pyridine rings is 1. The number of fused-ring (bicyclic) bond motifs is 1. The minimum absolute atomic E-state index is 0.00371. The molecule has 124 valence electrons. The van der Waals surface area contributed by atoms with Gasteiger partial charge in [0.05, 0.1) is 29.3 Å². The molecule has 0 aliphatic rings. The fourth-order valence-corrected chi connectivity index (χ4v) is 2.64. The Balaban J connectivity index is 2.09. The monoisotopic (exact) mass is 333 g/mol. The van der Waals surface area contributed by atoms with Crippen LogP contribution in [-0.2, 0) is 7.05 Å². The summed E-state index contributed by atoms with van der Waals surface area (Å²) in [5.41, 5.74) is 0.993. The Bertz CT molecular complexity index is 1080. The van der Waals surface area contributed by atoms with Gasteiger partial charge < -0.3 is 14.6 Å². The summed E-state index contributed by atoms with van der Waals surface area (Å²) in [7, 11) is 3.27. The van der Waals surface area contributed by atoms with Crippen LogP contribution in [0, 0.1) is 11.3 Å². The number of aryl methyl sites for hydroxylation is 1. The van der Waals surface area contributed by atoms with Gasteiger partial charge in [0.15, 0.2) is 0 Å². The molecule has 0 radical (unpaired) electrons. The highest BCUT2D eigenvalue weighted by molar-refractivity contribution is 6.06. The van der Waals surface area contributed by atoms with Crippen molar-refractivity contribution < 1.29 is 9.53 Å². The van der Waals surface area contributed by atoms with Crippen molar-refractivity contribution >= 4 is 22.5 Å². The number of nitrogens with one attached hydrogen (secondary N) is 1. The van der Waals surface area contributed by atoms with E-state index in [2.05, 4.69) is 5.32 Å². The molecular weight excluding hydrogens is 318 g/mol. The Morgan fingerprint density at radius 3 is 2.72 bits per heavy atom. The summed E-state index contributed by atoms with van der Waals surface area (Å²) in [6.07, 6.45) is 1.49. The van der Waals surface area contributed by atoms with Crippen LogP contribution in [0.4, 0.5) is 5.69 Å². The van der Waals surface area contributed by atoms with Crippen LogP contribution in [0.3, 0.4) is 0 Å². The fraction of sp³-hybridized carbons (Fsp3) is 0.105. The molecule has 0 aliphatic carbocycles. The molecular formula is C19H15N3O3. The number of ether oxygens (including phenoxy) is 1. The van der Waals surface area contributed by atoms with E-state index < -0.39 is 5.91 Å². The van der Waals surface area contributed by atoms with Crippen LogP contribution in [0.2, 0.25) is 0 Å². The lowest BCUT2D eigenvalue weighted by atomic mass is 10.1. The van der Waals surface area contributed by atoms with E-state index >= 15 is 0 Å². The van der Waals surface area contributed by atoms with Gasteiger partial charge in [-0.25, -0.2) is 0 Å². The molecule has 3 aromatic rings. The van der Waals surface area contributed by atoms with Crippen molar-refractivity contribution in [2.45, 2.75) is 0 Å². The van der Waals surface area contributed by atoms with E-state index in [0.29, 0.717) is 27.9 Å². The van der Waals surface area contributed by atoms with Crippen molar-refractivity contribution in [3.8, 4) is 11.8 Å². The van der Waals surface area contributed by atoms with Gasteiger partial charge >= 0.3 is 0 Å². The summed E-state index contributed by atoms with van der Waals surface area (Å²) < 4.78 is 6.87. The number of rotatable bonds is 3. The zero-order valence-corrected chi connectivity index (χ0v) is 13.7. The Morgan fingerprint density at radius 2 is 2.00 bits per heavy atom. The number of hydrogen-bond acceptors (Lipinski definition) is 4. The first-order valence-corrected chi connectivity index (χ1v) is 7.53. The smallest absolute Gasteiger partial charge is 0.261 e. The third kappa shape index (κ3) is 2.95. The molecule has 0 atom stereocenters. The maximum atomic E-state index is 12.7. The third-order valence-electron chi connectivity index (χ3n) is 3.94. The first kappa shape index (κ1) is 16.3. The number of hydrogen-bond donors (Lipinski definition) is 1. The molecule has 0 saturated heterocycles. The maximum Gasteiger partial charge on any atom is 0.261 e. The molecule has 6 nitrogen and oxygen atoms in total. The third-order valence-corrected chi connectivity index (χ3v) is 3.94. The topological polar surface area (TPSA) is 84.1 Å². The normalized spacial score (nSPS) is 10.3. The molecule has 0 bridgehead atoms. The molecule has 0 aliphatic heterocycles. The Labute approximate surface area is 143 Å². The summed E-state index contributed by atoms with van der Waals surface area (Å²) in [5.74, 6) is -0.0231. The lowest BCUT2D eigenvalue weighted by Gasteiger charge is -2.11. The van der Waals surface area contributed by atoms with Crippen LogP contribution in [-0.4, -0.2) is 17.6 Å². The van der Waals surface area contributed by atoms with Crippen molar-refractivity contribution in [3.63, 3.8) is 0 Å². The Morgan fingerprint density at radius 1 is 1.24 bits per heavy atom. The highest BCUT2D eigenvalue weighted by Crippen LogP contribution is 2.19. The van der Waals surface area contributed by atoms with Crippen LogP contribution >= 0.6 is 0 Å². The van der Waals surface area contributed by atoms with E-state index in [-0.39, 0.29) is 11.0 Å². The second kappa shape index (κ2) is 6.49. The molecule has 0 fully saturated rings. The van der Waals surface area contributed by atoms with E-state index in [1.165, 1.54) is 13.3 Å². The van der Waals surface area contributed by atoms with Gasteiger partial charge in [0.2, 0.25) is 5.43 Å². The molecule has 25 heavy (non-hydrogen) atoms. The largest absolute Gasteiger partial charge is 0.497 e. The number of aromatic nitrogens is 1. The highest BCUT2D eigenvalue weighted by atomic mass is 16.5. The van der Waals surface area contributed by atoms with E-state index in [1.807, 2.05) is 6.07 Å². The molecule has 0 spiro atoms. The van der Waals surface area contributed by atoms with Gasteiger partial charge in [0.1, 0.15) is 17.4 Å². The summed E-state index contributed by atoms with van der Waals surface area (Å²) in [4.78, 5) is 25.3. The number of anilines is 1. The number of nitrogens with zero attached hydrogens (tertiary/aromatic N) is 2. The first-order chi connectivity index (χ1) is 12.0. The highest BCUT2D eigenvalue weighted by Gasteiger charge is 2.16. The van der Waals surface area contributed by atoms with Crippen LogP contribution < -0.4 is 15.5 Å². The van der Waals surface area contributed by atoms with Gasteiger partial charge in [-0.05, 0) is 30.3 Å². The number of methoxy groups -OCH3 is 1. The molecule has 1 aromatic heterocycles. The number of nitriles is 1. The minimum atomic E-state index is -0.562. The summed E-state index contributed by atoms with van der Waals surface area (Å²) >= 11 is 0. The predicted molar refractivity (Wildman–Crippen MR) is 94.9 cm³/mol. The second-order valence-corrected chi connectivity index (χ2v) is 5.48. The Hall–Kier alpha value is -3.59. The van der Waals surface area contributed by atoms with Gasteiger partial charge in [-0.2, -0.15) is 5.26 Å². The summed E-state index contributed by atoms with van der Waals surface area (Å²) in [5, 5.41) is 12.1. The lowest BCUT2D eigenvalue weighted by Crippen LogP contribution is -2.23. The van der Waals surface area contributed by atoms with Crippen molar-refractivity contribution in [2.24, 2.45) is 7.05 Å². The molecule has 0 saturated carbocycles. The summed E-state index contributed by atoms with van der Waals surface area (Å²) in [6, 6.07) is 13.8. The quantitative estimate of drug-likeness (QED) is 0.798. The summed E-state index contributed by atoms with van der Waals surface area (Å²) in [6.45, 7) is 0. The SMILES string of the molecule is COc1ccc2c(c1)c(=O)c(C(=O)Nc1ccccc1C#N)cn2C. The van der Waals surface area contributed by atoms with Crippen LogP contribution in [0.25, 0.3) is 10.9 Å². The van der Waals surface area contributed by atoms with E-state index in [9.17, 15) is 9.59 Å². The van der Waals surface area contributed by atoms with Gasteiger partial charge in [-0.3, -0.25) is 9.59 Å². The average molecular weight is 333 g/mol. The van der Waals surface area contributed by atoms with Gasteiger partial charge in [0.25, 0.3) is 5.91 Å². The maximum absolute atomic E-state index is 12.7. The Kier molecular flexibility index (Phi) is 4.23. The zero-order chi connectivity index (χ0) is 18.0. The predicted octanol–water partition coefficient (Wildman–Crippen LogP) is 2.67. The number of carbonyl (C=O) groups is 1. The fourth-order valence-electron chi connectivity index (χ4n) is 2.64. The molecule has 0 unspecified atom stereocenters. The molecule has 3 rings (SSSR count). The second-order valence-electron chi connectivity index (χ2n) is 5.48. The van der Waals surface area contributed by atoms with Crippen molar-refractivity contribution in [1.82, 2.24) is 4.57 Å². The van der Waals surface area contributed by atoms with Crippen LogP contribution in [0.1, 0.15) is 15.9 Å². The lowest BCUT2D eigenvalue weighted by molar-refractivity contribution is 0.102. The van der Waals surface area contributed by atoms with E-state index in [0.717, 1.165) is 0 Å².